The molecule has 2 heterocycles. The summed E-state index contributed by atoms with van der Waals surface area (Å²) >= 11 is 0. The number of hydrogen-bond acceptors (Lipinski definition) is 4. The van der Waals surface area contributed by atoms with Gasteiger partial charge in [0.2, 0.25) is 0 Å². The summed E-state index contributed by atoms with van der Waals surface area (Å²) in [6.07, 6.45) is 3.59. The van der Waals surface area contributed by atoms with Gasteiger partial charge in [0.1, 0.15) is 11.6 Å². The van der Waals surface area contributed by atoms with Crippen LogP contribution >= 0.6 is 0 Å². The van der Waals surface area contributed by atoms with Crippen LogP contribution in [0, 0.1) is 0 Å². The third kappa shape index (κ3) is 2.30. The molecular weight excluding hydrogens is 252 g/mol. The molecule has 1 N–H and O–H groups in total. The fourth-order valence-corrected chi connectivity index (χ4v) is 2.17. The van der Waals surface area contributed by atoms with Crippen LogP contribution in [0.25, 0.3) is 10.8 Å². The lowest BCUT2D eigenvalue weighted by atomic mass is 10.1. The maximum absolute atomic E-state index is 5.24. The Labute approximate surface area is 117 Å². The molecule has 2 aromatic heterocycles. The molecule has 3 aromatic rings. The summed E-state index contributed by atoms with van der Waals surface area (Å²) in [4.78, 5) is 4.41. The number of fused-ring (bicyclic) bond motifs is 1. The molecule has 0 atom stereocenters. The molecule has 0 bridgehead atoms. The first-order valence-electron chi connectivity index (χ1n) is 6.41. The van der Waals surface area contributed by atoms with Crippen molar-refractivity contribution in [1.82, 2.24) is 14.8 Å². The van der Waals surface area contributed by atoms with E-state index in [1.54, 1.807) is 19.5 Å². The minimum atomic E-state index is 0.689. The molecule has 0 unspecified atom stereocenters. The van der Waals surface area contributed by atoms with Gasteiger partial charge in [0, 0.05) is 24.8 Å². The second kappa shape index (κ2) is 5.21. The normalized spacial score (nSPS) is 10.7. The average Bonchev–Trinajstić information content (AvgIpc) is 2.89. The van der Waals surface area contributed by atoms with Crippen LogP contribution < -0.4 is 10.1 Å². The quantitative estimate of drug-likeness (QED) is 0.790. The Bertz CT molecular complexity index is 736. The molecule has 0 saturated heterocycles. The number of rotatable bonds is 4. The highest BCUT2D eigenvalue weighted by Gasteiger charge is 2.05. The molecule has 0 fully saturated rings. The van der Waals surface area contributed by atoms with Crippen LogP contribution in [-0.4, -0.2) is 21.9 Å². The molecule has 0 spiro atoms. The van der Waals surface area contributed by atoms with Gasteiger partial charge in [-0.15, -0.1) is 0 Å². The van der Waals surface area contributed by atoms with Gasteiger partial charge in [-0.2, -0.15) is 5.10 Å². The van der Waals surface area contributed by atoms with E-state index in [1.165, 1.54) is 0 Å². The number of nitrogens with zero attached hydrogens (tertiary/aromatic N) is 3. The van der Waals surface area contributed by atoms with E-state index in [-0.39, 0.29) is 0 Å². The van der Waals surface area contributed by atoms with Crippen LogP contribution in [0.4, 0.5) is 5.82 Å². The van der Waals surface area contributed by atoms with Crippen LogP contribution in [0.15, 0.2) is 42.7 Å². The molecule has 0 saturated carbocycles. The van der Waals surface area contributed by atoms with Gasteiger partial charge in [0.15, 0.2) is 0 Å². The standard InChI is InChI=1S/C15H16N4O/c1-19-12(6-8-18-19)10-17-15-14-4-3-13(20-2)9-11(14)5-7-16-15/h3-9H,10H2,1-2H3,(H,16,17). The van der Waals surface area contributed by atoms with Crippen molar-refractivity contribution in [3.8, 4) is 5.75 Å². The van der Waals surface area contributed by atoms with E-state index < -0.39 is 0 Å². The first-order chi connectivity index (χ1) is 9.78. The highest BCUT2D eigenvalue weighted by atomic mass is 16.5. The van der Waals surface area contributed by atoms with Crippen LogP contribution in [0.5, 0.6) is 5.75 Å². The van der Waals surface area contributed by atoms with E-state index in [9.17, 15) is 0 Å². The zero-order valence-corrected chi connectivity index (χ0v) is 11.5. The second-order valence-corrected chi connectivity index (χ2v) is 4.55. The molecule has 0 amide bonds. The van der Waals surface area contributed by atoms with Crippen molar-refractivity contribution in [1.29, 1.82) is 0 Å². The first kappa shape index (κ1) is 12.5. The number of aromatic nitrogens is 3. The molecule has 1 aromatic carbocycles. The monoisotopic (exact) mass is 268 g/mol. The number of ether oxygens (including phenoxy) is 1. The Balaban J connectivity index is 1.90. The van der Waals surface area contributed by atoms with Crippen molar-refractivity contribution >= 4 is 16.6 Å². The van der Waals surface area contributed by atoms with E-state index in [2.05, 4.69) is 15.4 Å². The van der Waals surface area contributed by atoms with Crippen molar-refractivity contribution in [3.05, 3.63) is 48.4 Å². The molecule has 0 aliphatic heterocycles. The summed E-state index contributed by atoms with van der Waals surface area (Å²) in [5.74, 6) is 1.72. The van der Waals surface area contributed by atoms with E-state index in [0.29, 0.717) is 6.54 Å². The maximum Gasteiger partial charge on any atom is 0.134 e. The minimum absolute atomic E-state index is 0.689. The van der Waals surface area contributed by atoms with Crippen molar-refractivity contribution in [3.63, 3.8) is 0 Å². The number of benzene rings is 1. The molecule has 3 rings (SSSR count). The van der Waals surface area contributed by atoms with Gasteiger partial charge in [-0.1, -0.05) is 0 Å². The van der Waals surface area contributed by atoms with Gasteiger partial charge in [-0.25, -0.2) is 4.98 Å². The molecule has 0 aliphatic carbocycles. The smallest absolute Gasteiger partial charge is 0.134 e. The van der Waals surface area contributed by atoms with Gasteiger partial charge < -0.3 is 10.1 Å². The van der Waals surface area contributed by atoms with Crippen molar-refractivity contribution in [2.75, 3.05) is 12.4 Å². The van der Waals surface area contributed by atoms with Crippen LogP contribution in [0.1, 0.15) is 5.69 Å². The lowest BCUT2D eigenvalue weighted by Crippen LogP contribution is -2.06. The number of hydrogen-bond donors (Lipinski definition) is 1. The van der Waals surface area contributed by atoms with E-state index in [1.807, 2.05) is 42.1 Å². The summed E-state index contributed by atoms with van der Waals surface area (Å²) in [5, 5.41) is 9.69. The fraction of sp³-hybridized carbons (Fsp3) is 0.200. The second-order valence-electron chi connectivity index (χ2n) is 4.55. The van der Waals surface area contributed by atoms with Gasteiger partial charge >= 0.3 is 0 Å². The largest absolute Gasteiger partial charge is 0.497 e. The lowest BCUT2D eigenvalue weighted by Gasteiger charge is -2.09. The summed E-state index contributed by atoms with van der Waals surface area (Å²) in [6.45, 7) is 0.689. The van der Waals surface area contributed by atoms with E-state index in [0.717, 1.165) is 28.0 Å². The molecule has 5 heteroatoms. The Morgan fingerprint density at radius 1 is 1.20 bits per heavy atom. The predicted octanol–water partition coefficient (Wildman–Crippen LogP) is 2.59. The average molecular weight is 268 g/mol. The van der Waals surface area contributed by atoms with Crippen molar-refractivity contribution < 1.29 is 4.74 Å². The Kier molecular flexibility index (Phi) is 3.25. The predicted molar refractivity (Wildman–Crippen MR) is 78.8 cm³/mol. The van der Waals surface area contributed by atoms with Crippen LogP contribution in [0.2, 0.25) is 0 Å². The Morgan fingerprint density at radius 2 is 2.10 bits per heavy atom. The highest BCUT2D eigenvalue weighted by molar-refractivity contribution is 5.92. The minimum Gasteiger partial charge on any atom is -0.497 e. The Morgan fingerprint density at radius 3 is 2.85 bits per heavy atom. The molecule has 0 radical (unpaired) electrons. The number of methoxy groups -OCH3 is 1. The van der Waals surface area contributed by atoms with Gasteiger partial charge in [0.05, 0.1) is 19.3 Å². The maximum atomic E-state index is 5.24. The van der Waals surface area contributed by atoms with Crippen molar-refractivity contribution in [2.24, 2.45) is 7.05 Å². The number of nitrogens with one attached hydrogen (secondary N) is 1. The summed E-state index contributed by atoms with van der Waals surface area (Å²) in [6, 6.07) is 9.94. The zero-order valence-electron chi connectivity index (χ0n) is 11.5. The topological polar surface area (TPSA) is 52.0 Å². The van der Waals surface area contributed by atoms with Gasteiger partial charge in [-0.3, -0.25) is 4.68 Å². The summed E-state index contributed by atoms with van der Waals surface area (Å²) in [5.41, 5.74) is 1.11. The third-order valence-corrected chi connectivity index (χ3v) is 3.33. The molecular formula is C15H16N4O. The SMILES string of the molecule is COc1ccc2c(NCc3ccnn3C)nccc2c1. The molecule has 5 nitrogen and oxygen atoms in total. The molecule has 20 heavy (non-hydrogen) atoms. The van der Waals surface area contributed by atoms with Crippen molar-refractivity contribution in [2.45, 2.75) is 6.54 Å². The summed E-state index contributed by atoms with van der Waals surface area (Å²) in [7, 11) is 3.60. The van der Waals surface area contributed by atoms with Gasteiger partial charge in [-0.05, 0) is 35.7 Å². The number of aryl methyl sites for hydroxylation is 1. The lowest BCUT2D eigenvalue weighted by molar-refractivity contribution is 0.415. The number of pyridine rings is 1. The van der Waals surface area contributed by atoms with Gasteiger partial charge in [0.25, 0.3) is 0 Å². The summed E-state index contributed by atoms with van der Waals surface area (Å²) < 4.78 is 7.09. The fourth-order valence-electron chi connectivity index (χ4n) is 2.17. The molecule has 102 valence electrons. The van der Waals surface area contributed by atoms with E-state index >= 15 is 0 Å². The molecule has 0 aliphatic rings. The van der Waals surface area contributed by atoms with Crippen LogP contribution in [-0.2, 0) is 13.6 Å². The van der Waals surface area contributed by atoms with Crippen LogP contribution in [0.3, 0.4) is 0 Å². The van der Waals surface area contributed by atoms with E-state index in [4.69, 9.17) is 4.74 Å². The first-order valence-corrected chi connectivity index (χ1v) is 6.41. The third-order valence-electron chi connectivity index (χ3n) is 3.33. The Hall–Kier alpha value is -2.56. The zero-order chi connectivity index (χ0) is 13.9. The highest BCUT2D eigenvalue weighted by Crippen LogP contribution is 2.25. The number of anilines is 1.